The summed E-state index contributed by atoms with van der Waals surface area (Å²) in [6.45, 7) is 5.59. The molecule has 0 aliphatic heterocycles. The first-order chi connectivity index (χ1) is 11.0. The van der Waals surface area contributed by atoms with Crippen molar-refractivity contribution >= 4 is 5.91 Å². The molecule has 0 bridgehead atoms. The molecule has 1 aromatic heterocycles. The smallest absolute Gasteiger partial charge is 0.251 e. The second-order valence-electron chi connectivity index (χ2n) is 5.81. The number of hydrogen-bond acceptors (Lipinski definition) is 4. The number of aromatic nitrogens is 3. The first-order valence-corrected chi connectivity index (χ1v) is 7.97. The highest BCUT2D eigenvalue weighted by Gasteiger charge is 2.19. The maximum atomic E-state index is 12.6. The summed E-state index contributed by atoms with van der Waals surface area (Å²) in [6.07, 6.45) is 2.30. The van der Waals surface area contributed by atoms with Crippen molar-refractivity contribution in [2.75, 3.05) is 14.1 Å². The molecule has 1 atom stereocenters. The molecular weight excluding hydrogens is 290 g/mol. The van der Waals surface area contributed by atoms with E-state index in [9.17, 15) is 4.79 Å². The normalized spacial score (nSPS) is 12.4. The quantitative estimate of drug-likeness (QED) is 0.851. The molecule has 1 heterocycles. The van der Waals surface area contributed by atoms with E-state index in [-0.39, 0.29) is 11.9 Å². The van der Waals surface area contributed by atoms with Gasteiger partial charge in [-0.15, -0.1) is 0 Å². The molecule has 1 aromatic carbocycles. The van der Waals surface area contributed by atoms with Crippen molar-refractivity contribution in [3.05, 3.63) is 47.5 Å². The van der Waals surface area contributed by atoms with Gasteiger partial charge in [-0.2, -0.15) is 5.10 Å². The first kappa shape index (κ1) is 17.1. The zero-order chi connectivity index (χ0) is 16.8. The minimum atomic E-state index is -0.137. The van der Waals surface area contributed by atoms with E-state index in [4.69, 9.17) is 0 Å². The van der Waals surface area contributed by atoms with Crippen LogP contribution in [0.2, 0.25) is 0 Å². The summed E-state index contributed by atoms with van der Waals surface area (Å²) in [5, 5.41) is 7.24. The zero-order valence-electron chi connectivity index (χ0n) is 14.3. The van der Waals surface area contributed by atoms with Gasteiger partial charge in [-0.1, -0.05) is 19.1 Å². The summed E-state index contributed by atoms with van der Waals surface area (Å²) < 4.78 is 1.82. The largest absolute Gasteiger partial charge is 0.342 e. The number of benzene rings is 1. The van der Waals surface area contributed by atoms with E-state index < -0.39 is 0 Å². The molecule has 0 fully saturated rings. The van der Waals surface area contributed by atoms with Gasteiger partial charge in [0.25, 0.3) is 5.91 Å². The van der Waals surface area contributed by atoms with E-state index in [1.165, 1.54) is 6.33 Å². The molecule has 0 saturated heterocycles. The Bertz CT molecular complexity index is 650. The molecule has 0 saturated carbocycles. The lowest BCUT2D eigenvalue weighted by Gasteiger charge is -2.17. The number of rotatable bonds is 7. The Morgan fingerprint density at radius 1 is 1.35 bits per heavy atom. The van der Waals surface area contributed by atoms with Gasteiger partial charge in [-0.05, 0) is 45.1 Å². The highest BCUT2D eigenvalue weighted by Crippen LogP contribution is 2.15. The molecule has 1 unspecified atom stereocenters. The summed E-state index contributed by atoms with van der Waals surface area (Å²) in [7, 11) is 4.02. The Morgan fingerprint density at radius 2 is 2.13 bits per heavy atom. The van der Waals surface area contributed by atoms with Gasteiger partial charge in [0.05, 0.1) is 6.04 Å². The number of nitrogens with zero attached hydrogens (tertiary/aromatic N) is 4. The van der Waals surface area contributed by atoms with Gasteiger partial charge >= 0.3 is 0 Å². The summed E-state index contributed by atoms with van der Waals surface area (Å²) in [6, 6.07) is 7.59. The molecule has 2 aromatic rings. The van der Waals surface area contributed by atoms with E-state index in [0.717, 1.165) is 30.9 Å². The van der Waals surface area contributed by atoms with Gasteiger partial charge in [0.1, 0.15) is 12.2 Å². The SMILES string of the molecule is CCC(NC(=O)c1cccc(CN(C)C)c1)c1ncnn1CC. The number of amides is 1. The molecule has 1 amide bonds. The van der Waals surface area contributed by atoms with Gasteiger partial charge in [0.2, 0.25) is 0 Å². The standard InChI is InChI=1S/C17H25N5O/c1-5-15(16-18-12-19-22(16)6-2)20-17(23)14-9-7-8-13(10-14)11-21(3)4/h7-10,12,15H,5-6,11H2,1-4H3,(H,20,23). The van der Waals surface area contributed by atoms with Crippen molar-refractivity contribution in [2.45, 2.75) is 39.4 Å². The van der Waals surface area contributed by atoms with Gasteiger partial charge in [-0.3, -0.25) is 4.79 Å². The number of carbonyl (C=O) groups excluding carboxylic acids is 1. The highest BCUT2D eigenvalue weighted by atomic mass is 16.1. The van der Waals surface area contributed by atoms with Crippen LogP contribution in [0.3, 0.4) is 0 Å². The number of carbonyl (C=O) groups is 1. The van der Waals surface area contributed by atoms with Crippen LogP contribution >= 0.6 is 0 Å². The number of aryl methyl sites for hydroxylation is 1. The van der Waals surface area contributed by atoms with Gasteiger partial charge in [0.15, 0.2) is 0 Å². The summed E-state index contributed by atoms with van der Waals surface area (Å²) in [5.41, 5.74) is 1.79. The van der Waals surface area contributed by atoms with Gasteiger partial charge < -0.3 is 10.2 Å². The van der Waals surface area contributed by atoms with E-state index in [2.05, 4.69) is 20.3 Å². The summed E-state index contributed by atoms with van der Waals surface area (Å²) >= 11 is 0. The molecule has 0 spiro atoms. The van der Waals surface area contributed by atoms with E-state index >= 15 is 0 Å². The number of nitrogens with one attached hydrogen (secondary N) is 1. The summed E-state index contributed by atoms with van der Waals surface area (Å²) in [4.78, 5) is 18.9. The van der Waals surface area contributed by atoms with E-state index in [0.29, 0.717) is 5.56 Å². The van der Waals surface area contributed by atoms with Crippen LogP contribution in [0.25, 0.3) is 0 Å². The average Bonchev–Trinajstić information content (AvgIpc) is 3.00. The molecule has 6 heteroatoms. The van der Waals surface area contributed by atoms with Crippen LogP contribution in [-0.4, -0.2) is 39.7 Å². The van der Waals surface area contributed by atoms with Crippen molar-refractivity contribution in [1.82, 2.24) is 25.0 Å². The van der Waals surface area contributed by atoms with Crippen molar-refractivity contribution in [3.63, 3.8) is 0 Å². The molecule has 0 aliphatic rings. The second kappa shape index (κ2) is 7.87. The van der Waals surface area contributed by atoms with Crippen molar-refractivity contribution < 1.29 is 4.79 Å². The van der Waals surface area contributed by atoms with Gasteiger partial charge in [0, 0.05) is 18.7 Å². The third kappa shape index (κ3) is 4.39. The Kier molecular flexibility index (Phi) is 5.87. The predicted molar refractivity (Wildman–Crippen MR) is 90.0 cm³/mol. The van der Waals surface area contributed by atoms with Crippen LogP contribution in [0.1, 0.15) is 48.1 Å². The minimum absolute atomic E-state index is 0.0805. The second-order valence-corrected chi connectivity index (χ2v) is 5.81. The van der Waals surface area contributed by atoms with Crippen LogP contribution in [0.5, 0.6) is 0 Å². The topological polar surface area (TPSA) is 63.1 Å². The predicted octanol–water partition coefficient (Wildman–Crippen LogP) is 2.24. The maximum absolute atomic E-state index is 12.6. The highest BCUT2D eigenvalue weighted by molar-refractivity contribution is 5.94. The maximum Gasteiger partial charge on any atom is 0.251 e. The molecule has 0 radical (unpaired) electrons. The molecule has 23 heavy (non-hydrogen) atoms. The Labute approximate surface area is 137 Å². The lowest BCUT2D eigenvalue weighted by molar-refractivity contribution is 0.0932. The van der Waals surface area contributed by atoms with Crippen LogP contribution in [0.15, 0.2) is 30.6 Å². The Morgan fingerprint density at radius 3 is 2.78 bits per heavy atom. The third-order valence-corrected chi connectivity index (χ3v) is 3.66. The first-order valence-electron chi connectivity index (χ1n) is 7.97. The van der Waals surface area contributed by atoms with E-state index in [1.54, 1.807) is 0 Å². The van der Waals surface area contributed by atoms with Gasteiger partial charge in [-0.25, -0.2) is 9.67 Å². The monoisotopic (exact) mass is 315 g/mol. The Balaban J connectivity index is 2.14. The molecule has 0 aliphatic carbocycles. The van der Waals surface area contributed by atoms with E-state index in [1.807, 2.05) is 56.9 Å². The third-order valence-electron chi connectivity index (χ3n) is 3.66. The minimum Gasteiger partial charge on any atom is -0.342 e. The summed E-state index contributed by atoms with van der Waals surface area (Å²) in [5.74, 6) is 0.718. The van der Waals surface area contributed by atoms with Crippen molar-refractivity contribution in [3.8, 4) is 0 Å². The zero-order valence-corrected chi connectivity index (χ0v) is 14.3. The van der Waals surface area contributed by atoms with Crippen LogP contribution in [0.4, 0.5) is 0 Å². The number of hydrogen-bond donors (Lipinski definition) is 1. The fourth-order valence-electron chi connectivity index (χ4n) is 2.55. The van der Waals surface area contributed by atoms with Crippen molar-refractivity contribution in [1.29, 1.82) is 0 Å². The molecule has 6 nitrogen and oxygen atoms in total. The molecule has 2 rings (SSSR count). The Hall–Kier alpha value is -2.21. The average molecular weight is 315 g/mol. The molecular formula is C17H25N5O. The lowest BCUT2D eigenvalue weighted by atomic mass is 10.1. The fraction of sp³-hybridized carbons (Fsp3) is 0.471. The lowest BCUT2D eigenvalue weighted by Crippen LogP contribution is -2.30. The molecule has 1 N–H and O–H groups in total. The van der Waals surface area contributed by atoms with Crippen molar-refractivity contribution in [2.24, 2.45) is 0 Å². The fourth-order valence-corrected chi connectivity index (χ4v) is 2.55. The van der Waals surface area contributed by atoms with Crippen LogP contribution < -0.4 is 5.32 Å². The van der Waals surface area contributed by atoms with Crippen LogP contribution in [-0.2, 0) is 13.1 Å². The van der Waals surface area contributed by atoms with Crippen LogP contribution in [0, 0.1) is 0 Å². The molecule has 124 valence electrons.